The highest BCUT2D eigenvalue weighted by Gasteiger charge is 2.26. The molecule has 0 radical (unpaired) electrons. The monoisotopic (exact) mass is 212 g/mol. The highest BCUT2D eigenvalue weighted by molar-refractivity contribution is 4.86. The SMILES string of the molecule is CCCCCN1CC(NCC(C)(C)C)C1. The van der Waals surface area contributed by atoms with Crippen molar-refractivity contribution in [2.24, 2.45) is 5.41 Å². The van der Waals surface area contributed by atoms with E-state index >= 15 is 0 Å². The second-order valence-electron chi connectivity index (χ2n) is 6.11. The molecule has 0 unspecified atom stereocenters. The summed E-state index contributed by atoms with van der Waals surface area (Å²) in [6.45, 7) is 14.1. The van der Waals surface area contributed by atoms with Gasteiger partial charge in [-0.3, -0.25) is 0 Å². The molecule has 0 amide bonds. The first-order valence-corrected chi connectivity index (χ1v) is 6.47. The summed E-state index contributed by atoms with van der Waals surface area (Å²) in [5.41, 5.74) is 0.419. The van der Waals surface area contributed by atoms with Crippen LogP contribution in [0.1, 0.15) is 47.0 Å². The molecule has 0 bridgehead atoms. The fraction of sp³-hybridized carbons (Fsp3) is 1.00. The van der Waals surface area contributed by atoms with Gasteiger partial charge in [0.05, 0.1) is 0 Å². The standard InChI is InChI=1S/C13H28N2/c1-5-6-7-8-15-9-12(10-15)14-11-13(2,3)4/h12,14H,5-11H2,1-4H3. The summed E-state index contributed by atoms with van der Waals surface area (Å²) in [7, 11) is 0. The average Bonchev–Trinajstić information content (AvgIpc) is 2.05. The largest absolute Gasteiger partial charge is 0.311 e. The van der Waals surface area contributed by atoms with E-state index in [1.54, 1.807) is 0 Å². The summed E-state index contributed by atoms with van der Waals surface area (Å²) in [6, 6.07) is 0.755. The van der Waals surface area contributed by atoms with E-state index in [4.69, 9.17) is 0 Å². The Morgan fingerprint density at radius 2 is 1.87 bits per heavy atom. The lowest BCUT2D eigenvalue weighted by Crippen LogP contribution is -2.59. The third-order valence-corrected chi connectivity index (χ3v) is 2.96. The molecule has 0 spiro atoms. The molecule has 90 valence electrons. The third-order valence-electron chi connectivity index (χ3n) is 2.96. The highest BCUT2D eigenvalue weighted by atomic mass is 15.2. The van der Waals surface area contributed by atoms with E-state index in [-0.39, 0.29) is 0 Å². The van der Waals surface area contributed by atoms with Crippen molar-refractivity contribution in [1.82, 2.24) is 10.2 Å². The Kier molecular flexibility index (Phi) is 5.07. The molecule has 2 nitrogen and oxygen atoms in total. The second kappa shape index (κ2) is 5.86. The number of nitrogens with one attached hydrogen (secondary N) is 1. The van der Waals surface area contributed by atoms with Crippen LogP contribution < -0.4 is 5.32 Å². The van der Waals surface area contributed by atoms with Gasteiger partial charge in [-0.15, -0.1) is 0 Å². The van der Waals surface area contributed by atoms with Crippen LogP contribution in [0.25, 0.3) is 0 Å². The zero-order valence-electron chi connectivity index (χ0n) is 11.0. The van der Waals surface area contributed by atoms with Crippen molar-refractivity contribution >= 4 is 0 Å². The molecule has 15 heavy (non-hydrogen) atoms. The van der Waals surface area contributed by atoms with Crippen LogP contribution >= 0.6 is 0 Å². The van der Waals surface area contributed by atoms with Gasteiger partial charge in [0.15, 0.2) is 0 Å². The first-order chi connectivity index (χ1) is 7.01. The van der Waals surface area contributed by atoms with Gasteiger partial charge >= 0.3 is 0 Å². The van der Waals surface area contributed by atoms with Gasteiger partial charge in [0.2, 0.25) is 0 Å². The fourth-order valence-electron chi connectivity index (χ4n) is 1.92. The van der Waals surface area contributed by atoms with Gasteiger partial charge in [-0.25, -0.2) is 0 Å². The van der Waals surface area contributed by atoms with Crippen molar-refractivity contribution in [2.45, 2.75) is 53.0 Å². The lowest BCUT2D eigenvalue weighted by atomic mass is 9.96. The second-order valence-corrected chi connectivity index (χ2v) is 6.11. The van der Waals surface area contributed by atoms with Crippen molar-refractivity contribution in [3.63, 3.8) is 0 Å². The summed E-state index contributed by atoms with van der Waals surface area (Å²) >= 11 is 0. The molecular formula is C13H28N2. The number of nitrogens with zero attached hydrogens (tertiary/aromatic N) is 1. The van der Waals surface area contributed by atoms with E-state index in [0.717, 1.165) is 12.6 Å². The molecule has 0 aromatic carbocycles. The Bertz CT molecular complexity index is 166. The topological polar surface area (TPSA) is 15.3 Å². The van der Waals surface area contributed by atoms with Crippen LogP contribution in [-0.4, -0.2) is 37.1 Å². The molecule has 1 fully saturated rings. The molecule has 0 aromatic heterocycles. The number of hydrogen-bond donors (Lipinski definition) is 1. The van der Waals surface area contributed by atoms with Crippen molar-refractivity contribution in [3.05, 3.63) is 0 Å². The third kappa shape index (κ3) is 5.53. The number of rotatable bonds is 6. The molecular weight excluding hydrogens is 184 g/mol. The summed E-state index contributed by atoms with van der Waals surface area (Å²) in [6.07, 6.45) is 4.10. The Morgan fingerprint density at radius 3 is 2.40 bits per heavy atom. The minimum absolute atomic E-state index is 0.419. The summed E-state index contributed by atoms with van der Waals surface area (Å²) in [5.74, 6) is 0. The van der Waals surface area contributed by atoms with Crippen LogP contribution in [-0.2, 0) is 0 Å². The van der Waals surface area contributed by atoms with E-state index in [1.165, 1.54) is 38.9 Å². The molecule has 1 aliphatic heterocycles. The molecule has 1 saturated heterocycles. The zero-order chi connectivity index (χ0) is 11.3. The summed E-state index contributed by atoms with van der Waals surface area (Å²) in [5, 5.41) is 3.64. The maximum Gasteiger partial charge on any atom is 0.0322 e. The molecule has 1 rings (SSSR count). The van der Waals surface area contributed by atoms with Gasteiger partial charge in [0, 0.05) is 25.7 Å². The van der Waals surface area contributed by atoms with E-state index in [9.17, 15) is 0 Å². The summed E-state index contributed by atoms with van der Waals surface area (Å²) in [4.78, 5) is 2.57. The van der Waals surface area contributed by atoms with Crippen LogP contribution in [0.2, 0.25) is 0 Å². The van der Waals surface area contributed by atoms with E-state index in [0.29, 0.717) is 5.41 Å². The summed E-state index contributed by atoms with van der Waals surface area (Å²) < 4.78 is 0. The van der Waals surface area contributed by atoms with Crippen LogP contribution in [0.4, 0.5) is 0 Å². The first-order valence-electron chi connectivity index (χ1n) is 6.47. The minimum atomic E-state index is 0.419. The molecule has 0 atom stereocenters. The molecule has 1 N–H and O–H groups in total. The van der Waals surface area contributed by atoms with Gasteiger partial charge in [-0.05, 0) is 18.4 Å². The lowest BCUT2D eigenvalue weighted by molar-refractivity contribution is 0.117. The lowest BCUT2D eigenvalue weighted by Gasteiger charge is -2.41. The van der Waals surface area contributed by atoms with Crippen LogP contribution in [0.5, 0.6) is 0 Å². The van der Waals surface area contributed by atoms with Crippen molar-refractivity contribution in [2.75, 3.05) is 26.2 Å². The van der Waals surface area contributed by atoms with Crippen LogP contribution in [0.15, 0.2) is 0 Å². The van der Waals surface area contributed by atoms with E-state index in [1.807, 2.05) is 0 Å². The zero-order valence-corrected chi connectivity index (χ0v) is 11.0. The highest BCUT2D eigenvalue weighted by Crippen LogP contribution is 2.14. The van der Waals surface area contributed by atoms with Crippen LogP contribution in [0, 0.1) is 5.41 Å². The maximum absolute atomic E-state index is 3.64. The molecule has 0 saturated carbocycles. The van der Waals surface area contributed by atoms with Crippen LogP contribution in [0.3, 0.4) is 0 Å². The molecule has 0 aliphatic carbocycles. The Balaban J connectivity index is 1.96. The van der Waals surface area contributed by atoms with Crippen molar-refractivity contribution in [1.29, 1.82) is 0 Å². The normalized spacial score (nSPS) is 19.2. The predicted molar refractivity (Wildman–Crippen MR) is 67.2 cm³/mol. The smallest absolute Gasteiger partial charge is 0.0322 e. The van der Waals surface area contributed by atoms with E-state index in [2.05, 4.69) is 37.9 Å². The number of unbranched alkanes of at least 4 members (excludes halogenated alkanes) is 2. The first kappa shape index (κ1) is 13.0. The van der Waals surface area contributed by atoms with Gasteiger partial charge in [0.1, 0.15) is 0 Å². The minimum Gasteiger partial charge on any atom is -0.311 e. The Hall–Kier alpha value is -0.0800. The van der Waals surface area contributed by atoms with Gasteiger partial charge < -0.3 is 10.2 Å². The maximum atomic E-state index is 3.64. The van der Waals surface area contributed by atoms with Gasteiger partial charge in [-0.1, -0.05) is 40.5 Å². The fourth-order valence-corrected chi connectivity index (χ4v) is 1.92. The van der Waals surface area contributed by atoms with Crippen molar-refractivity contribution < 1.29 is 0 Å². The van der Waals surface area contributed by atoms with Crippen molar-refractivity contribution in [3.8, 4) is 0 Å². The molecule has 2 heteroatoms. The Labute approximate surface area is 95.4 Å². The number of hydrogen-bond acceptors (Lipinski definition) is 2. The predicted octanol–water partition coefficient (Wildman–Crippen LogP) is 2.50. The molecule has 0 aromatic rings. The molecule has 1 heterocycles. The Morgan fingerprint density at radius 1 is 1.20 bits per heavy atom. The van der Waals surface area contributed by atoms with Gasteiger partial charge in [-0.2, -0.15) is 0 Å². The quantitative estimate of drug-likeness (QED) is 0.681. The van der Waals surface area contributed by atoms with Gasteiger partial charge in [0.25, 0.3) is 0 Å². The average molecular weight is 212 g/mol. The number of likely N-dealkylation sites (tertiary alicyclic amines) is 1. The van der Waals surface area contributed by atoms with E-state index < -0.39 is 0 Å². The molecule has 1 aliphatic rings.